The van der Waals surface area contributed by atoms with Crippen molar-refractivity contribution in [3.8, 4) is 0 Å². The van der Waals surface area contributed by atoms with Crippen LogP contribution in [0.2, 0.25) is 0 Å². The van der Waals surface area contributed by atoms with Crippen LogP contribution in [0.3, 0.4) is 0 Å². The van der Waals surface area contributed by atoms with Gasteiger partial charge in [-0.15, -0.1) is 10.2 Å². The molecule has 0 radical (unpaired) electrons. The van der Waals surface area contributed by atoms with E-state index in [4.69, 9.17) is 0 Å². The summed E-state index contributed by atoms with van der Waals surface area (Å²) in [5, 5.41) is 14.0. The number of rotatable bonds is 5. The molecule has 0 saturated carbocycles. The van der Waals surface area contributed by atoms with Gasteiger partial charge < -0.3 is 10.6 Å². The van der Waals surface area contributed by atoms with Crippen LogP contribution in [0.5, 0.6) is 0 Å². The van der Waals surface area contributed by atoms with Crippen molar-refractivity contribution in [2.45, 2.75) is 30.4 Å². The molecule has 0 fully saturated rings. The molecular formula is C14H16N4O2S2. The lowest BCUT2D eigenvalue weighted by molar-refractivity contribution is -0.115. The zero-order valence-corrected chi connectivity index (χ0v) is 14.0. The van der Waals surface area contributed by atoms with E-state index in [1.807, 2.05) is 13.8 Å². The Balaban J connectivity index is 1.91. The van der Waals surface area contributed by atoms with Gasteiger partial charge in [-0.05, 0) is 38.1 Å². The minimum absolute atomic E-state index is 0.106. The van der Waals surface area contributed by atoms with Gasteiger partial charge in [-0.3, -0.25) is 9.59 Å². The second-order valence-corrected chi connectivity index (χ2v) is 7.36. The fraction of sp³-hybridized carbons (Fsp3) is 0.286. The Bertz CT molecular complexity index is 670. The molecule has 0 aliphatic carbocycles. The number of hydrogen-bond acceptors (Lipinski definition) is 6. The zero-order chi connectivity index (χ0) is 16.1. The van der Waals surface area contributed by atoms with E-state index in [0.717, 1.165) is 9.35 Å². The number of anilines is 2. The highest BCUT2D eigenvalue weighted by molar-refractivity contribution is 8.02. The Morgan fingerprint density at radius 3 is 2.23 bits per heavy atom. The van der Waals surface area contributed by atoms with Gasteiger partial charge in [0.25, 0.3) is 0 Å². The van der Waals surface area contributed by atoms with Gasteiger partial charge >= 0.3 is 0 Å². The molecule has 0 bridgehead atoms. The summed E-state index contributed by atoms with van der Waals surface area (Å²) in [4.78, 5) is 23.1. The maximum atomic E-state index is 12.1. The fourth-order valence-electron chi connectivity index (χ4n) is 1.61. The summed E-state index contributed by atoms with van der Waals surface area (Å²) < 4.78 is 0.779. The smallest absolute Gasteiger partial charge is 0.237 e. The Kier molecular flexibility index (Phi) is 5.51. The molecule has 1 atom stereocenters. The van der Waals surface area contributed by atoms with Crippen LogP contribution in [0.25, 0.3) is 0 Å². The van der Waals surface area contributed by atoms with Crippen molar-refractivity contribution in [3.63, 3.8) is 0 Å². The molecule has 0 aliphatic rings. The predicted molar refractivity (Wildman–Crippen MR) is 89.3 cm³/mol. The molecule has 1 aromatic carbocycles. The molecule has 1 heterocycles. The second kappa shape index (κ2) is 7.37. The summed E-state index contributed by atoms with van der Waals surface area (Å²) in [6.45, 7) is 5.15. The van der Waals surface area contributed by atoms with Crippen molar-refractivity contribution >= 4 is 46.3 Å². The van der Waals surface area contributed by atoms with E-state index < -0.39 is 0 Å². The normalized spacial score (nSPS) is 11.8. The summed E-state index contributed by atoms with van der Waals surface area (Å²) in [6, 6.07) is 6.97. The summed E-state index contributed by atoms with van der Waals surface area (Å²) in [5.41, 5.74) is 1.37. The van der Waals surface area contributed by atoms with Crippen LogP contribution in [-0.2, 0) is 9.59 Å². The second-order valence-electron chi connectivity index (χ2n) is 4.59. The number of nitrogens with zero attached hydrogens (tertiary/aromatic N) is 2. The van der Waals surface area contributed by atoms with Crippen molar-refractivity contribution in [3.05, 3.63) is 29.3 Å². The van der Waals surface area contributed by atoms with E-state index in [1.54, 1.807) is 24.3 Å². The highest BCUT2D eigenvalue weighted by Crippen LogP contribution is 2.27. The molecule has 0 spiro atoms. The van der Waals surface area contributed by atoms with Gasteiger partial charge in [-0.2, -0.15) is 0 Å². The number of aromatic nitrogens is 2. The van der Waals surface area contributed by atoms with Crippen molar-refractivity contribution in [2.24, 2.45) is 0 Å². The quantitative estimate of drug-likeness (QED) is 0.820. The van der Waals surface area contributed by atoms with E-state index in [1.165, 1.54) is 30.0 Å². The van der Waals surface area contributed by atoms with Gasteiger partial charge in [0.2, 0.25) is 11.8 Å². The molecule has 22 heavy (non-hydrogen) atoms. The van der Waals surface area contributed by atoms with Crippen LogP contribution in [0.1, 0.15) is 18.9 Å². The molecule has 116 valence electrons. The Labute approximate surface area is 136 Å². The SMILES string of the molecule is CC(=O)Nc1ccc(NC(=O)C(C)Sc2nnc(C)s2)cc1. The third kappa shape index (κ3) is 4.81. The average molecular weight is 336 g/mol. The minimum atomic E-state index is -0.276. The topological polar surface area (TPSA) is 84.0 Å². The van der Waals surface area contributed by atoms with Crippen molar-refractivity contribution in [1.82, 2.24) is 10.2 Å². The van der Waals surface area contributed by atoms with Crippen LogP contribution in [0, 0.1) is 6.92 Å². The van der Waals surface area contributed by atoms with Gasteiger partial charge in [-0.25, -0.2) is 0 Å². The third-order valence-corrected chi connectivity index (χ3v) is 4.65. The minimum Gasteiger partial charge on any atom is -0.326 e. The number of nitrogens with one attached hydrogen (secondary N) is 2. The van der Waals surface area contributed by atoms with Gasteiger partial charge in [0.15, 0.2) is 4.34 Å². The first-order valence-corrected chi connectivity index (χ1v) is 8.29. The molecule has 0 aliphatic heterocycles. The molecule has 8 heteroatoms. The number of aryl methyl sites for hydroxylation is 1. The van der Waals surface area contributed by atoms with Gasteiger partial charge in [0, 0.05) is 18.3 Å². The van der Waals surface area contributed by atoms with Crippen molar-refractivity contribution in [1.29, 1.82) is 0 Å². The lowest BCUT2D eigenvalue weighted by atomic mass is 10.2. The third-order valence-electron chi connectivity index (χ3n) is 2.63. The Hall–Kier alpha value is -1.93. The summed E-state index contributed by atoms with van der Waals surface area (Å²) >= 11 is 2.85. The molecule has 2 rings (SSSR count). The van der Waals surface area contributed by atoms with E-state index >= 15 is 0 Å². The molecule has 6 nitrogen and oxygen atoms in total. The first-order valence-electron chi connectivity index (χ1n) is 6.59. The first kappa shape index (κ1) is 16.4. The fourth-order valence-corrected chi connectivity index (χ4v) is 3.57. The van der Waals surface area contributed by atoms with Gasteiger partial charge in [0.05, 0.1) is 5.25 Å². The van der Waals surface area contributed by atoms with Crippen LogP contribution in [0.15, 0.2) is 28.6 Å². The lowest BCUT2D eigenvalue weighted by Crippen LogP contribution is -2.22. The number of carbonyl (C=O) groups excluding carboxylic acids is 2. The van der Waals surface area contributed by atoms with Crippen LogP contribution < -0.4 is 10.6 Å². The van der Waals surface area contributed by atoms with Crippen LogP contribution in [0.4, 0.5) is 11.4 Å². The molecule has 2 aromatic rings. The molecule has 0 saturated heterocycles. The standard InChI is InChI=1S/C14H16N4O2S2/c1-8(21-14-18-17-10(3)22-14)13(20)16-12-6-4-11(5-7-12)15-9(2)19/h4-8H,1-3H3,(H,15,19)(H,16,20). The highest BCUT2D eigenvalue weighted by Gasteiger charge is 2.16. The predicted octanol–water partition coefficient (Wildman–Crippen LogP) is 2.92. The number of carbonyl (C=O) groups is 2. The number of amides is 2. The summed E-state index contributed by atoms with van der Waals surface area (Å²) in [5.74, 6) is -0.237. The Morgan fingerprint density at radius 2 is 1.73 bits per heavy atom. The molecular weight excluding hydrogens is 320 g/mol. The first-order chi connectivity index (χ1) is 10.4. The average Bonchev–Trinajstić information content (AvgIpc) is 2.85. The van der Waals surface area contributed by atoms with Crippen LogP contribution in [-0.4, -0.2) is 27.3 Å². The van der Waals surface area contributed by atoms with Crippen molar-refractivity contribution < 1.29 is 9.59 Å². The van der Waals surface area contributed by atoms with Gasteiger partial charge in [-0.1, -0.05) is 23.1 Å². The molecule has 2 N–H and O–H groups in total. The number of thioether (sulfide) groups is 1. The number of benzene rings is 1. The lowest BCUT2D eigenvalue weighted by Gasteiger charge is -2.11. The van der Waals surface area contributed by atoms with Crippen molar-refractivity contribution in [2.75, 3.05) is 10.6 Å². The number of hydrogen-bond donors (Lipinski definition) is 2. The summed E-state index contributed by atoms with van der Waals surface area (Å²) in [7, 11) is 0. The maximum absolute atomic E-state index is 12.1. The van der Waals surface area contributed by atoms with E-state index in [2.05, 4.69) is 20.8 Å². The largest absolute Gasteiger partial charge is 0.326 e. The Morgan fingerprint density at radius 1 is 1.14 bits per heavy atom. The zero-order valence-electron chi connectivity index (χ0n) is 12.4. The molecule has 2 amide bonds. The monoisotopic (exact) mass is 336 g/mol. The van der Waals surface area contributed by atoms with Gasteiger partial charge in [0.1, 0.15) is 5.01 Å². The maximum Gasteiger partial charge on any atom is 0.237 e. The molecule has 1 aromatic heterocycles. The summed E-state index contributed by atoms with van der Waals surface area (Å²) in [6.07, 6.45) is 0. The van der Waals surface area contributed by atoms with E-state index in [9.17, 15) is 9.59 Å². The highest BCUT2D eigenvalue weighted by atomic mass is 32.2. The van der Waals surface area contributed by atoms with E-state index in [0.29, 0.717) is 11.4 Å². The molecule has 1 unspecified atom stereocenters. The van der Waals surface area contributed by atoms with Crippen LogP contribution >= 0.6 is 23.1 Å². The van der Waals surface area contributed by atoms with E-state index in [-0.39, 0.29) is 17.1 Å².